The summed E-state index contributed by atoms with van der Waals surface area (Å²) in [4.78, 5) is 32.7. The smallest absolute Gasteiger partial charge is 0.309 e. The molecule has 1 aromatic carbocycles. The van der Waals surface area contributed by atoms with Gasteiger partial charge in [0.1, 0.15) is 5.75 Å². The highest BCUT2D eigenvalue weighted by molar-refractivity contribution is 5.83. The standard InChI is InChI=1S/C32H42N2O4/c1-3-22-5-12-27(33-19-22)15-16-38-28-13-6-23(7-14-28)17-26(32(36)37-4-2)18-31(35)34-20-29-24-8-9-25(11-10-24)30(29)21-34/h5-7,12-14,19,24-26,29-30H,3-4,8-11,15-18,20-21H2,1-2H3. The molecule has 2 heterocycles. The fraction of sp³-hybridized carbons (Fsp3) is 0.594. The Bertz CT molecular complexity index is 1060. The zero-order valence-electron chi connectivity index (χ0n) is 22.9. The highest BCUT2D eigenvalue weighted by Gasteiger charge is 2.49. The Hall–Kier alpha value is -2.89. The van der Waals surface area contributed by atoms with Gasteiger partial charge in [0.25, 0.3) is 0 Å². The zero-order valence-corrected chi connectivity index (χ0v) is 22.9. The van der Waals surface area contributed by atoms with E-state index in [2.05, 4.69) is 28.9 Å². The molecule has 4 aliphatic rings. The van der Waals surface area contributed by atoms with Crippen LogP contribution in [0, 0.1) is 29.6 Å². The number of hydrogen-bond donors (Lipinski definition) is 0. The van der Waals surface area contributed by atoms with E-state index in [-0.39, 0.29) is 18.3 Å². The maximum atomic E-state index is 13.3. The van der Waals surface area contributed by atoms with Crippen molar-refractivity contribution in [3.8, 4) is 5.75 Å². The summed E-state index contributed by atoms with van der Waals surface area (Å²) in [5.41, 5.74) is 3.26. The predicted molar refractivity (Wildman–Crippen MR) is 147 cm³/mol. The topological polar surface area (TPSA) is 68.7 Å². The van der Waals surface area contributed by atoms with Gasteiger partial charge in [-0.1, -0.05) is 25.1 Å². The van der Waals surface area contributed by atoms with Crippen LogP contribution in [0.3, 0.4) is 0 Å². The van der Waals surface area contributed by atoms with Crippen molar-refractivity contribution < 1.29 is 19.1 Å². The Kier molecular flexibility index (Phi) is 8.65. The maximum Gasteiger partial charge on any atom is 0.309 e. The molecule has 1 amide bonds. The molecule has 2 aromatic rings. The minimum absolute atomic E-state index is 0.109. The van der Waals surface area contributed by atoms with E-state index in [1.165, 1.54) is 31.2 Å². The van der Waals surface area contributed by atoms with Gasteiger partial charge in [-0.25, -0.2) is 0 Å². The van der Waals surface area contributed by atoms with Crippen LogP contribution in [0.15, 0.2) is 42.6 Å². The van der Waals surface area contributed by atoms with E-state index in [9.17, 15) is 9.59 Å². The number of amides is 1. The maximum absolute atomic E-state index is 13.3. The number of aromatic nitrogens is 1. The summed E-state index contributed by atoms with van der Waals surface area (Å²) < 4.78 is 11.3. The van der Waals surface area contributed by atoms with Crippen molar-refractivity contribution in [2.24, 2.45) is 29.6 Å². The summed E-state index contributed by atoms with van der Waals surface area (Å²) in [7, 11) is 0. The van der Waals surface area contributed by atoms with Crippen molar-refractivity contribution in [3.05, 3.63) is 59.4 Å². The first-order valence-corrected chi connectivity index (χ1v) is 14.6. The normalized spacial score (nSPS) is 24.6. The van der Waals surface area contributed by atoms with E-state index in [1.807, 2.05) is 37.4 Å². The number of nitrogens with zero attached hydrogens (tertiary/aromatic N) is 2. The van der Waals surface area contributed by atoms with Crippen LogP contribution in [0.1, 0.15) is 62.8 Å². The lowest BCUT2D eigenvalue weighted by Crippen LogP contribution is -2.38. The van der Waals surface area contributed by atoms with E-state index < -0.39 is 5.92 Å². The third kappa shape index (κ3) is 6.22. The van der Waals surface area contributed by atoms with Gasteiger partial charge in [0.2, 0.25) is 5.91 Å². The number of rotatable bonds is 11. The second-order valence-corrected chi connectivity index (χ2v) is 11.4. The van der Waals surface area contributed by atoms with Crippen LogP contribution in [0.5, 0.6) is 5.75 Å². The van der Waals surface area contributed by atoms with Crippen LogP contribution in [-0.4, -0.2) is 48.1 Å². The number of carbonyl (C=O) groups excluding carboxylic acids is 2. The Balaban J connectivity index is 1.14. The first-order chi connectivity index (χ1) is 18.5. The summed E-state index contributed by atoms with van der Waals surface area (Å²) in [6.45, 7) is 6.57. The molecule has 0 spiro atoms. The number of benzene rings is 1. The molecule has 38 heavy (non-hydrogen) atoms. The van der Waals surface area contributed by atoms with Gasteiger partial charge in [-0.15, -0.1) is 0 Å². The number of pyridine rings is 1. The molecular formula is C32H42N2O4. The lowest BCUT2D eigenvalue weighted by atomic mass is 9.60. The Morgan fingerprint density at radius 2 is 1.61 bits per heavy atom. The molecule has 6 nitrogen and oxygen atoms in total. The summed E-state index contributed by atoms with van der Waals surface area (Å²) >= 11 is 0. The van der Waals surface area contributed by atoms with Crippen LogP contribution in [0.4, 0.5) is 0 Å². The first-order valence-electron chi connectivity index (χ1n) is 14.6. The average molecular weight is 519 g/mol. The Morgan fingerprint density at radius 3 is 2.18 bits per heavy atom. The molecule has 2 bridgehead atoms. The summed E-state index contributed by atoms with van der Waals surface area (Å²) in [5, 5.41) is 0. The summed E-state index contributed by atoms with van der Waals surface area (Å²) in [6.07, 6.45) is 9.71. The predicted octanol–water partition coefficient (Wildman–Crippen LogP) is 5.27. The summed E-state index contributed by atoms with van der Waals surface area (Å²) in [6, 6.07) is 12.0. The van der Waals surface area contributed by atoms with Crippen molar-refractivity contribution in [2.75, 3.05) is 26.3 Å². The summed E-state index contributed by atoms with van der Waals surface area (Å²) in [5.74, 6) is 3.09. The minimum atomic E-state index is -0.467. The number of hydrogen-bond acceptors (Lipinski definition) is 5. The van der Waals surface area contributed by atoms with E-state index >= 15 is 0 Å². The van der Waals surface area contributed by atoms with Gasteiger partial charge in [-0.3, -0.25) is 14.6 Å². The lowest BCUT2D eigenvalue weighted by Gasteiger charge is -2.44. The van der Waals surface area contributed by atoms with Crippen molar-refractivity contribution in [1.82, 2.24) is 9.88 Å². The zero-order chi connectivity index (χ0) is 26.5. The van der Waals surface area contributed by atoms with Crippen molar-refractivity contribution >= 4 is 11.9 Å². The fourth-order valence-electron chi connectivity index (χ4n) is 6.99. The highest BCUT2D eigenvalue weighted by Crippen LogP contribution is 2.51. The Labute approximate surface area is 227 Å². The fourth-order valence-corrected chi connectivity index (χ4v) is 6.99. The molecule has 204 valence electrons. The van der Waals surface area contributed by atoms with Crippen LogP contribution in [-0.2, 0) is 33.6 Å². The second kappa shape index (κ2) is 12.3. The largest absolute Gasteiger partial charge is 0.493 e. The number of esters is 1. The number of aryl methyl sites for hydroxylation is 1. The molecule has 6 rings (SSSR count). The lowest BCUT2D eigenvalue weighted by molar-refractivity contribution is -0.151. The van der Waals surface area contributed by atoms with Crippen LogP contribution >= 0.6 is 0 Å². The van der Waals surface area contributed by atoms with Gasteiger partial charge in [0, 0.05) is 37.8 Å². The number of carbonyl (C=O) groups is 2. The van der Waals surface area contributed by atoms with E-state index in [4.69, 9.17) is 9.47 Å². The molecule has 4 fully saturated rings. The molecule has 3 atom stereocenters. The third-order valence-electron chi connectivity index (χ3n) is 9.16. The molecule has 3 aliphatic carbocycles. The number of likely N-dealkylation sites (tertiary alicyclic amines) is 1. The average Bonchev–Trinajstić information content (AvgIpc) is 3.43. The van der Waals surface area contributed by atoms with Crippen LogP contribution < -0.4 is 4.74 Å². The van der Waals surface area contributed by atoms with Crippen LogP contribution in [0.2, 0.25) is 0 Å². The van der Waals surface area contributed by atoms with Gasteiger partial charge >= 0.3 is 5.97 Å². The molecule has 1 aliphatic heterocycles. The molecule has 1 saturated heterocycles. The van der Waals surface area contributed by atoms with Gasteiger partial charge < -0.3 is 14.4 Å². The van der Waals surface area contributed by atoms with Gasteiger partial charge in [-0.05, 0) is 98.4 Å². The van der Waals surface area contributed by atoms with Crippen molar-refractivity contribution in [3.63, 3.8) is 0 Å². The molecule has 0 N–H and O–H groups in total. The third-order valence-corrected chi connectivity index (χ3v) is 9.16. The van der Waals surface area contributed by atoms with Crippen molar-refractivity contribution in [2.45, 2.75) is 65.2 Å². The number of fused-ring (bicyclic) bond motifs is 2. The van der Waals surface area contributed by atoms with Crippen LogP contribution in [0.25, 0.3) is 0 Å². The molecule has 3 unspecified atom stereocenters. The monoisotopic (exact) mass is 518 g/mol. The van der Waals surface area contributed by atoms with Crippen molar-refractivity contribution in [1.29, 1.82) is 0 Å². The Morgan fingerprint density at radius 1 is 0.947 bits per heavy atom. The van der Waals surface area contributed by atoms with Gasteiger partial charge in [-0.2, -0.15) is 0 Å². The quantitative estimate of drug-likeness (QED) is 0.379. The van der Waals surface area contributed by atoms with E-state index in [0.29, 0.717) is 31.5 Å². The molecule has 1 aromatic heterocycles. The molecular weight excluding hydrogens is 476 g/mol. The molecule has 0 radical (unpaired) electrons. The van der Waals surface area contributed by atoms with Gasteiger partial charge in [0.05, 0.1) is 19.1 Å². The van der Waals surface area contributed by atoms with E-state index in [0.717, 1.165) is 54.8 Å². The SMILES string of the molecule is CCOC(=O)C(CC(=O)N1CC2C3CCC(CC3)C2C1)Cc1ccc(OCCc2ccc(CC)cn2)cc1. The number of ether oxygens (including phenoxy) is 2. The molecule has 6 heteroatoms. The van der Waals surface area contributed by atoms with E-state index in [1.54, 1.807) is 0 Å². The molecule has 3 saturated carbocycles. The minimum Gasteiger partial charge on any atom is -0.493 e. The van der Waals surface area contributed by atoms with Gasteiger partial charge in [0.15, 0.2) is 0 Å². The first kappa shape index (κ1) is 26.7. The second-order valence-electron chi connectivity index (χ2n) is 11.4. The highest BCUT2D eigenvalue weighted by atomic mass is 16.5.